The number of allylic oxidation sites excluding steroid dienone is 2. The van der Waals surface area contributed by atoms with Gasteiger partial charge < -0.3 is 10.4 Å². The summed E-state index contributed by atoms with van der Waals surface area (Å²) in [6, 6.07) is 0. The molecule has 2 unspecified atom stereocenters. The van der Waals surface area contributed by atoms with Crippen LogP contribution in [0.2, 0.25) is 0 Å². The molecule has 0 aromatic carbocycles. The van der Waals surface area contributed by atoms with Crippen LogP contribution in [-0.2, 0) is 4.79 Å². The summed E-state index contributed by atoms with van der Waals surface area (Å²) in [6.45, 7) is 6.02. The molecule has 18 heavy (non-hydrogen) atoms. The number of hydrogen-bond acceptors (Lipinski definition) is 2. The Bertz CT molecular complexity index is 369. The zero-order chi connectivity index (χ0) is 13.7. The Morgan fingerprint density at radius 2 is 1.94 bits per heavy atom. The highest BCUT2D eigenvalue weighted by molar-refractivity contribution is 5.92. The molecule has 3 nitrogen and oxygen atoms in total. The lowest BCUT2D eigenvalue weighted by Gasteiger charge is -2.31. The van der Waals surface area contributed by atoms with E-state index in [1.165, 1.54) is 19.3 Å². The number of carboxylic acids is 1. The topological polar surface area (TPSA) is 49.3 Å². The van der Waals surface area contributed by atoms with Gasteiger partial charge in [-0.15, -0.1) is 0 Å². The first kappa shape index (κ1) is 14.8. The molecule has 2 atom stereocenters. The van der Waals surface area contributed by atoms with Gasteiger partial charge in [-0.1, -0.05) is 32.3 Å². The van der Waals surface area contributed by atoms with Crippen molar-refractivity contribution in [3.8, 4) is 0 Å². The monoisotopic (exact) mass is 251 g/mol. The van der Waals surface area contributed by atoms with E-state index in [1.54, 1.807) is 7.05 Å². The first-order valence-corrected chi connectivity index (χ1v) is 6.81. The molecule has 0 amide bonds. The molecule has 0 aromatic heterocycles. The summed E-state index contributed by atoms with van der Waals surface area (Å²) < 4.78 is 0. The van der Waals surface area contributed by atoms with E-state index in [0.29, 0.717) is 17.4 Å². The lowest BCUT2D eigenvalue weighted by Crippen LogP contribution is -2.24. The van der Waals surface area contributed by atoms with Gasteiger partial charge in [0.15, 0.2) is 0 Å². The van der Waals surface area contributed by atoms with Crippen molar-refractivity contribution in [1.82, 2.24) is 5.32 Å². The Kier molecular flexibility index (Phi) is 5.45. The van der Waals surface area contributed by atoms with Gasteiger partial charge in [-0.3, -0.25) is 0 Å². The molecule has 1 saturated carbocycles. The average molecular weight is 251 g/mol. The van der Waals surface area contributed by atoms with E-state index in [0.717, 1.165) is 17.7 Å². The molecule has 1 fully saturated rings. The van der Waals surface area contributed by atoms with Crippen LogP contribution in [0.15, 0.2) is 22.9 Å². The van der Waals surface area contributed by atoms with Crippen LogP contribution in [0, 0.1) is 11.8 Å². The Labute approximate surface area is 110 Å². The fourth-order valence-electron chi connectivity index (χ4n) is 2.95. The van der Waals surface area contributed by atoms with Gasteiger partial charge in [0.2, 0.25) is 0 Å². The zero-order valence-corrected chi connectivity index (χ0v) is 11.9. The summed E-state index contributed by atoms with van der Waals surface area (Å²) in [5.74, 6) is 0.134. The second kappa shape index (κ2) is 6.62. The summed E-state index contributed by atoms with van der Waals surface area (Å²) in [5, 5.41) is 12.4. The van der Waals surface area contributed by atoms with Crippen molar-refractivity contribution in [2.45, 2.75) is 46.5 Å². The molecule has 1 rings (SSSR count). The van der Waals surface area contributed by atoms with Crippen LogP contribution in [-0.4, -0.2) is 18.1 Å². The largest absolute Gasteiger partial charge is 0.478 e. The summed E-state index contributed by atoms with van der Waals surface area (Å²) in [5.41, 5.74) is 2.20. The first-order valence-electron chi connectivity index (χ1n) is 6.81. The fourth-order valence-corrected chi connectivity index (χ4v) is 2.95. The SMILES string of the molecule is C/C=C(\C(C(=O)O)=C(/C)NC)C1CCCCC1C. The maximum Gasteiger partial charge on any atom is 0.337 e. The first-order chi connectivity index (χ1) is 8.52. The van der Waals surface area contributed by atoms with Gasteiger partial charge >= 0.3 is 5.97 Å². The Morgan fingerprint density at radius 3 is 2.39 bits per heavy atom. The van der Waals surface area contributed by atoms with Crippen molar-refractivity contribution in [2.24, 2.45) is 11.8 Å². The number of carboxylic acid groups (broad SMARTS) is 1. The minimum absolute atomic E-state index is 0.387. The van der Waals surface area contributed by atoms with E-state index in [1.807, 2.05) is 19.9 Å². The summed E-state index contributed by atoms with van der Waals surface area (Å²) in [7, 11) is 1.77. The molecule has 0 spiro atoms. The van der Waals surface area contributed by atoms with E-state index in [4.69, 9.17) is 0 Å². The maximum atomic E-state index is 11.5. The average Bonchev–Trinajstić information content (AvgIpc) is 2.35. The molecule has 3 heteroatoms. The van der Waals surface area contributed by atoms with Crippen LogP contribution in [0.5, 0.6) is 0 Å². The van der Waals surface area contributed by atoms with Crippen LogP contribution >= 0.6 is 0 Å². The van der Waals surface area contributed by atoms with E-state index in [9.17, 15) is 9.90 Å². The zero-order valence-electron chi connectivity index (χ0n) is 11.9. The van der Waals surface area contributed by atoms with Gasteiger partial charge in [0, 0.05) is 12.7 Å². The van der Waals surface area contributed by atoms with Crippen LogP contribution in [0.3, 0.4) is 0 Å². The number of rotatable bonds is 4. The van der Waals surface area contributed by atoms with Crippen molar-refractivity contribution in [3.05, 3.63) is 22.9 Å². The van der Waals surface area contributed by atoms with Gasteiger partial charge in [-0.05, 0) is 37.7 Å². The van der Waals surface area contributed by atoms with Gasteiger partial charge in [-0.25, -0.2) is 4.79 Å². The lowest BCUT2D eigenvalue weighted by molar-refractivity contribution is -0.132. The van der Waals surface area contributed by atoms with E-state index in [2.05, 4.69) is 12.2 Å². The van der Waals surface area contributed by atoms with Crippen LogP contribution in [0.1, 0.15) is 46.5 Å². The fraction of sp³-hybridized carbons (Fsp3) is 0.667. The molecular weight excluding hydrogens is 226 g/mol. The van der Waals surface area contributed by atoms with E-state index in [-0.39, 0.29) is 0 Å². The highest BCUT2D eigenvalue weighted by Gasteiger charge is 2.29. The molecule has 0 radical (unpaired) electrons. The molecule has 102 valence electrons. The third kappa shape index (κ3) is 3.15. The summed E-state index contributed by atoms with van der Waals surface area (Å²) in [4.78, 5) is 11.5. The van der Waals surface area contributed by atoms with Crippen molar-refractivity contribution >= 4 is 5.97 Å². The second-order valence-electron chi connectivity index (χ2n) is 5.17. The van der Waals surface area contributed by atoms with Gasteiger partial charge in [0.05, 0.1) is 5.57 Å². The standard InChI is InChI=1S/C15H25NO2/c1-5-12(13-9-7-6-8-10(13)2)14(15(17)18)11(3)16-4/h5,10,13,16H,6-9H2,1-4H3,(H,17,18)/b12-5-,14-11-. The van der Waals surface area contributed by atoms with Gasteiger partial charge in [0.1, 0.15) is 0 Å². The molecule has 1 aliphatic carbocycles. The van der Waals surface area contributed by atoms with Gasteiger partial charge in [-0.2, -0.15) is 0 Å². The molecule has 1 aliphatic rings. The number of carbonyl (C=O) groups is 1. The molecule has 0 bridgehead atoms. The summed E-state index contributed by atoms with van der Waals surface area (Å²) in [6.07, 6.45) is 6.77. The lowest BCUT2D eigenvalue weighted by atomic mass is 9.73. The van der Waals surface area contributed by atoms with Crippen LogP contribution < -0.4 is 5.32 Å². The number of aliphatic carboxylic acids is 1. The predicted molar refractivity (Wildman–Crippen MR) is 74.3 cm³/mol. The second-order valence-corrected chi connectivity index (χ2v) is 5.17. The molecular formula is C15H25NO2. The normalized spacial score (nSPS) is 26.6. The van der Waals surface area contributed by atoms with Crippen molar-refractivity contribution in [3.63, 3.8) is 0 Å². The van der Waals surface area contributed by atoms with E-state index >= 15 is 0 Å². The summed E-state index contributed by atoms with van der Waals surface area (Å²) >= 11 is 0. The number of hydrogen-bond donors (Lipinski definition) is 2. The van der Waals surface area contributed by atoms with Crippen molar-refractivity contribution in [1.29, 1.82) is 0 Å². The smallest absolute Gasteiger partial charge is 0.337 e. The Morgan fingerprint density at radius 1 is 1.33 bits per heavy atom. The molecule has 0 heterocycles. The minimum atomic E-state index is -0.826. The number of nitrogens with one attached hydrogen (secondary N) is 1. The quantitative estimate of drug-likeness (QED) is 0.595. The maximum absolute atomic E-state index is 11.5. The predicted octanol–water partition coefficient (Wildman–Crippen LogP) is 3.34. The Balaban J connectivity index is 3.11. The van der Waals surface area contributed by atoms with Crippen LogP contribution in [0.4, 0.5) is 0 Å². The molecule has 0 saturated heterocycles. The molecule has 0 aromatic rings. The third-order valence-electron chi connectivity index (χ3n) is 4.07. The molecule has 0 aliphatic heterocycles. The minimum Gasteiger partial charge on any atom is -0.478 e. The van der Waals surface area contributed by atoms with Gasteiger partial charge in [0.25, 0.3) is 0 Å². The molecule has 2 N–H and O–H groups in total. The van der Waals surface area contributed by atoms with E-state index < -0.39 is 5.97 Å². The highest BCUT2D eigenvalue weighted by Crippen LogP contribution is 2.38. The van der Waals surface area contributed by atoms with Crippen LogP contribution in [0.25, 0.3) is 0 Å². The third-order valence-corrected chi connectivity index (χ3v) is 4.07. The van der Waals surface area contributed by atoms with Crippen molar-refractivity contribution < 1.29 is 9.90 Å². The Hall–Kier alpha value is -1.25. The van der Waals surface area contributed by atoms with Crippen molar-refractivity contribution in [2.75, 3.05) is 7.05 Å². The highest BCUT2D eigenvalue weighted by atomic mass is 16.4.